The Morgan fingerprint density at radius 2 is 2.30 bits per heavy atom. The summed E-state index contributed by atoms with van der Waals surface area (Å²) in [5.74, 6) is -0.212. The van der Waals surface area contributed by atoms with E-state index in [9.17, 15) is 9.59 Å². The first-order valence-corrected chi connectivity index (χ1v) is 7.71. The summed E-state index contributed by atoms with van der Waals surface area (Å²) in [6, 6.07) is 5.36. The molecule has 1 aliphatic rings. The molecule has 0 bridgehead atoms. The molecule has 0 spiro atoms. The average molecular weight is 313 g/mol. The highest BCUT2D eigenvalue weighted by Gasteiger charge is 2.18. The number of hydrogen-bond acceptors (Lipinski definition) is 4. The first kappa shape index (κ1) is 15.4. The molecule has 2 heterocycles. The summed E-state index contributed by atoms with van der Waals surface area (Å²) < 4.78 is 7.52. The number of carbonyl (C=O) groups excluding carboxylic acids is 2. The first-order valence-electron chi connectivity index (χ1n) is 7.71. The molecule has 120 valence electrons. The molecule has 1 aromatic carbocycles. The molecular formula is C17H19N3O3. The number of ether oxygens (including phenoxy) is 1. The maximum Gasteiger partial charge on any atom is 0.221 e. The number of nitrogens with zero attached hydrogens (tertiary/aromatic N) is 2. The number of carbonyl (C=O) groups is 2. The van der Waals surface area contributed by atoms with E-state index in [2.05, 4.69) is 10.4 Å². The standard InChI is InChI=1S/C17H19N3O3/c1-12(22)19-16-6-4-5-14(15(16)11-21)13-9-18-20(10-13)17-7-2-3-8-23-17/h4-6,9-11,17H,2-3,7-8H2,1H3,(H,19,22). The smallest absolute Gasteiger partial charge is 0.221 e. The van der Waals surface area contributed by atoms with Crippen molar-refractivity contribution in [1.29, 1.82) is 0 Å². The SMILES string of the molecule is CC(=O)Nc1cccc(-c2cnn(C3CCCCO3)c2)c1C=O. The number of rotatable bonds is 4. The van der Waals surface area contributed by atoms with Gasteiger partial charge in [0.25, 0.3) is 0 Å². The van der Waals surface area contributed by atoms with Gasteiger partial charge in [-0.2, -0.15) is 5.10 Å². The molecule has 1 unspecified atom stereocenters. The van der Waals surface area contributed by atoms with Gasteiger partial charge in [-0.3, -0.25) is 9.59 Å². The van der Waals surface area contributed by atoms with Gasteiger partial charge in [-0.15, -0.1) is 0 Å². The fraction of sp³-hybridized carbons (Fsp3) is 0.353. The van der Waals surface area contributed by atoms with E-state index < -0.39 is 0 Å². The lowest BCUT2D eigenvalue weighted by Crippen LogP contribution is -2.18. The normalized spacial score (nSPS) is 17.7. The van der Waals surface area contributed by atoms with Gasteiger partial charge in [0, 0.05) is 30.9 Å². The highest BCUT2D eigenvalue weighted by atomic mass is 16.5. The van der Waals surface area contributed by atoms with Crippen LogP contribution in [0.2, 0.25) is 0 Å². The Labute approximate surface area is 134 Å². The fourth-order valence-electron chi connectivity index (χ4n) is 2.81. The van der Waals surface area contributed by atoms with Crippen LogP contribution < -0.4 is 5.32 Å². The van der Waals surface area contributed by atoms with Crippen molar-refractivity contribution in [1.82, 2.24) is 9.78 Å². The number of benzene rings is 1. The lowest BCUT2D eigenvalue weighted by atomic mass is 10.0. The Hall–Kier alpha value is -2.47. The molecule has 1 N–H and O–H groups in total. The van der Waals surface area contributed by atoms with E-state index >= 15 is 0 Å². The lowest BCUT2D eigenvalue weighted by molar-refractivity contribution is -0.114. The van der Waals surface area contributed by atoms with Crippen LogP contribution in [0.25, 0.3) is 11.1 Å². The number of anilines is 1. The summed E-state index contributed by atoms with van der Waals surface area (Å²) in [6.07, 6.45) is 7.46. The van der Waals surface area contributed by atoms with Gasteiger partial charge in [0.2, 0.25) is 5.91 Å². The van der Waals surface area contributed by atoms with Crippen LogP contribution >= 0.6 is 0 Å². The summed E-state index contributed by atoms with van der Waals surface area (Å²) in [4.78, 5) is 22.8. The molecule has 1 saturated heterocycles. The molecule has 2 aromatic rings. The van der Waals surface area contributed by atoms with Crippen molar-refractivity contribution in [2.75, 3.05) is 11.9 Å². The van der Waals surface area contributed by atoms with Crippen LogP contribution in [0.1, 0.15) is 42.8 Å². The summed E-state index contributed by atoms with van der Waals surface area (Å²) >= 11 is 0. The third kappa shape index (κ3) is 3.32. The van der Waals surface area contributed by atoms with E-state index in [4.69, 9.17) is 4.74 Å². The Bertz CT molecular complexity index is 718. The summed E-state index contributed by atoms with van der Waals surface area (Å²) in [7, 11) is 0. The molecule has 1 atom stereocenters. The Morgan fingerprint density at radius 3 is 3.00 bits per heavy atom. The van der Waals surface area contributed by atoms with Crippen LogP contribution in [0.5, 0.6) is 0 Å². The summed E-state index contributed by atoms with van der Waals surface area (Å²) in [5, 5.41) is 7.05. The van der Waals surface area contributed by atoms with Crippen molar-refractivity contribution in [3.05, 3.63) is 36.2 Å². The molecule has 6 heteroatoms. The van der Waals surface area contributed by atoms with Gasteiger partial charge in [-0.05, 0) is 30.9 Å². The topological polar surface area (TPSA) is 73.2 Å². The van der Waals surface area contributed by atoms with E-state index in [0.717, 1.165) is 43.3 Å². The summed E-state index contributed by atoms with van der Waals surface area (Å²) in [6.45, 7) is 2.16. The predicted molar refractivity (Wildman–Crippen MR) is 86.2 cm³/mol. The second-order valence-corrected chi connectivity index (χ2v) is 5.60. The molecule has 1 fully saturated rings. The minimum atomic E-state index is -0.212. The highest BCUT2D eigenvalue weighted by Crippen LogP contribution is 2.30. The van der Waals surface area contributed by atoms with Crippen LogP contribution in [0.15, 0.2) is 30.6 Å². The number of aldehydes is 1. The van der Waals surface area contributed by atoms with E-state index in [1.807, 2.05) is 18.3 Å². The second-order valence-electron chi connectivity index (χ2n) is 5.60. The lowest BCUT2D eigenvalue weighted by Gasteiger charge is -2.22. The minimum Gasteiger partial charge on any atom is -0.357 e. The summed E-state index contributed by atoms with van der Waals surface area (Å²) in [5.41, 5.74) is 2.53. The zero-order valence-corrected chi connectivity index (χ0v) is 13.0. The van der Waals surface area contributed by atoms with Gasteiger partial charge in [-0.1, -0.05) is 12.1 Å². The Kier molecular flexibility index (Phi) is 4.52. The van der Waals surface area contributed by atoms with Crippen molar-refractivity contribution in [3.63, 3.8) is 0 Å². The Balaban J connectivity index is 1.93. The van der Waals surface area contributed by atoms with Gasteiger partial charge >= 0.3 is 0 Å². The molecule has 6 nitrogen and oxygen atoms in total. The third-order valence-electron chi connectivity index (χ3n) is 3.90. The van der Waals surface area contributed by atoms with E-state index in [1.165, 1.54) is 6.92 Å². The van der Waals surface area contributed by atoms with Crippen molar-refractivity contribution >= 4 is 17.9 Å². The molecule has 1 aliphatic heterocycles. The second kappa shape index (κ2) is 6.75. The zero-order chi connectivity index (χ0) is 16.2. The maximum atomic E-state index is 11.5. The van der Waals surface area contributed by atoms with Crippen LogP contribution in [-0.4, -0.2) is 28.6 Å². The Morgan fingerprint density at radius 1 is 1.43 bits per heavy atom. The highest BCUT2D eigenvalue weighted by molar-refractivity contribution is 6.00. The van der Waals surface area contributed by atoms with Gasteiger partial charge < -0.3 is 10.1 Å². The molecule has 1 aromatic heterocycles. The third-order valence-corrected chi connectivity index (χ3v) is 3.90. The molecule has 3 rings (SSSR count). The maximum absolute atomic E-state index is 11.5. The molecule has 1 amide bonds. The van der Waals surface area contributed by atoms with Gasteiger partial charge in [-0.25, -0.2) is 4.68 Å². The van der Waals surface area contributed by atoms with E-state index in [1.54, 1.807) is 16.9 Å². The van der Waals surface area contributed by atoms with Gasteiger partial charge in [0.05, 0.1) is 11.9 Å². The molecule has 0 saturated carbocycles. The number of amides is 1. The fourth-order valence-corrected chi connectivity index (χ4v) is 2.81. The van der Waals surface area contributed by atoms with Gasteiger partial charge in [0.15, 0.2) is 6.29 Å². The molecule has 23 heavy (non-hydrogen) atoms. The van der Waals surface area contributed by atoms with E-state index in [0.29, 0.717) is 11.3 Å². The van der Waals surface area contributed by atoms with Crippen molar-refractivity contribution in [2.45, 2.75) is 32.4 Å². The van der Waals surface area contributed by atoms with Crippen LogP contribution in [-0.2, 0) is 9.53 Å². The molecular weight excluding hydrogens is 294 g/mol. The van der Waals surface area contributed by atoms with Crippen LogP contribution in [0.3, 0.4) is 0 Å². The van der Waals surface area contributed by atoms with E-state index in [-0.39, 0.29) is 12.1 Å². The van der Waals surface area contributed by atoms with Crippen LogP contribution in [0, 0.1) is 0 Å². The quantitative estimate of drug-likeness (QED) is 0.881. The predicted octanol–water partition coefficient (Wildman–Crippen LogP) is 3.02. The molecule has 0 radical (unpaired) electrons. The first-order chi connectivity index (χ1) is 11.2. The zero-order valence-electron chi connectivity index (χ0n) is 13.0. The molecule has 0 aliphatic carbocycles. The van der Waals surface area contributed by atoms with Crippen molar-refractivity contribution < 1.29 is 14.3 Å². The van der Waals surface area contributed by atoms with Crippen molar-refractivity contribution in [2.24, 2.45) is 0 Å². The average Bonchev–Trinajstić information content (AvgIpc) is 3.05. The van der Waals surface area contributed by atoms with Gasteiger partial charge in [0.1, 0.15) is 6.23 Å². The van der Waals surface area contributed by atoms with Crippen molar-refractivity contribution in [3.8, 4) is 11.1 Å². The number of hydrogen-bond donors (Lipinski definition) is 1. The monoisotopic (exact) mass is 313 g/mol. The largest absolute Gasteiger partial charge is 0.357 e. The number of nitrogens with one attached hydrogen (secondary N) is 1. The number of aromatic nitrogens is 2. The minimum absolute atomic E-state index is 0.0456. The van der Waals surface area contributed by atoms with Crippen LogP contribution in [0.4, 0.5) is 5.69 Å².